The number of amides is 1. The second-order valence-electron chi connectivity index (χ2n) is 6.25. The normalized spacial score (nSPS) is 11.4. The number of fused-ring (bicyclic) bond motifs is 1. The van der Waals surface area contributed by atoms with Crippen molar-refractivity contribution in [1.82, 2.24) is 14.7 Å². The number of carbonyl (C=O) groups is 1. The standard InChI is InChI=1S/C19H23ClN4OS/c1-3-23(4-2)10-9-21-18(25)11-16-13-26-19-22-17(12-24(16)19)14-5-7-15(20)8-6-14/h5-8,12-13H,3-4,9-11H2,1-2H3,(H,21,25)/p+1. The van der Waals surface area contributed by atoms with E-state index < -0.39 is 0 Å². The zero-order valence-corrected chi connectivity index (χ0v) is 16.7. The number of likely N-dealkylation sites (N-methyl/N-ethyl adjacent to an activating group) is 1. The quantitative estimate of drug-likeness (QED) is 0.619. The molecule has 1 amide bonds. The summed E-state index contributed by atoms with van der Waals surface area (Å²) in [4.78, 5) is 19.3. The molecular formula is C19H24ClN4OS+. The van der Waals surface area contributed by atoms with Crippen molar-refractivity contribution in [2.24, 2.45) is 0 Å². The molecule has 5 nitrogen and oxygen atoms in total. The number of hydrogen-bond donors (Lipinski definition) is 2. The fourth-order valence-corrected chi connectivity index (χ4v) is 3.92. The minimum atomic E-state index is 0.0537. The van der Waals surface area contributed by atoms with Crippen LogP contribution >= 0.6 is 22.9 Å². The summed E-state index contributed by atoms with van der Waals surface area (Å²) in [6.07, 6.45) is 2.35. The molecule has 1 aromatic carbocycles. The molecule has 138 valence electrons. The average molecular weight is 392 g/mol. The molecule has 0 unspecified atom stereocenters. The fraction of sp³-hybridized carbons (Fsp3) is 0.368. The molecular weight excluding hydrogens is 368 g/mol. The summed E-state index contributed by atoms with van der Waals surface area (Å²) in [5, 5.41) is 5.74. The van der Waals surface area contributed by atoms with E-state index in [2.05, 4.69) is 24.1 Å². The highest BCUT2D eigenvalue weighted by atomic mass is 35.5. The maximum Gasteiger partial charge on any atom is 0.226 e. The lowest BCUT2D eigenvalue weighted by molar-refractivity contribution is -0.895. The Balaban J connectivity index is 1.65. The summed E-state index contributed by atoms with van der Waals surface area (Å²) in [6, 6.07) is 7.63. The van der Waals surface area contributed by atoms with Crippen molar-refractivity contribution in [2.75, 3.05) is 26.2 Å². The molecule has 0 aliphatic rings. The summed E-state index contributed by atoms with van der Waals surface area (Å²) < 4.78 is 2.00. The molecule has 2 aromatic heterocycles. The summed E-state index contributed by atoms with van der Waals surface area (Å²) in [7, 11) is 0. The lowest BCUT2D eigenvalue weighted by Gasteiger charge is -2.15. The van der Waals surface area contributed by atoms with Crippen LogP contribution < -0.4 is 10.2 Å². The second kappa shape index (κ2) is 8.66. The Morgan fingerprint density at radius 3 is 2.69 bits per heavy atom. The van der Waals surface area contributed by atoms with Crippen LogP contribution in [0.3, 0.4) is 0 Å². The van der Waals surface area contributed by atoms with Crippen LogP contribution in [-0.4, -0.2) is 41.5 Å². The summed E-state index contributed by atoms with van der Waals surface area (Å²) >= 11 is 7.50. The number of carbonyl (C=O) groups excluding carboxylic acids is 1. The minimum Gasteiger partial charge on any atom is -0.350 e. The first-order valence-corrected chi connectivity index (χ1v) is 10.2. The van der Waals surface area contributed by atoms with Gasteiger partial charge >= 0.3 is 0 Å². The van der Waals surface area contributed by atoms with Gasteiger partial charge in [0.25, 0.3) is 0 Å². The number of halogens is 1. The van der Waals surface area contributed by atoms with Crippen LogP contribution in [0.4, 0.5) is 0 Å². The highest BCUT2D eigenvalue weighted by Gasteiger charge is 2.13. The Morgan fingerprint density at radius 2 is 2.00 bits per heavy atom. The number of aromatic nitrogens is 2. The molecule has 0 aliphatic heterocycles. The van der Waals surface area contributed by atoms with Crippen LogP contribution in [0.2, 0.25) is 5.02 Å². The molecule has 0 saturated heterocycles. The van der Waals surface area contributed by atoms with Gasteiger partial charge in [-0.05, 0) is 26.0 Å². The molecule has 3 aromatic rings. The SMILES string of the molecule is CC[NH+](CC)CCNC(=O)Cc1csc2nc(-c3ccc(Cl)cc3)cn12. The minimum absolute atomic E-state index is 0.0537. The molecule has 0 fully saturated rings. The van der Waals surface area contributed by atoms with Gasteiger partial charge in [-0.15, -0.1) is 11.3 Å². The van der Waals surface area contributed by atoms with E-state index in [9.17, 15) is 4.79 Å². The molecule has 0 atom stereocenters. The van der Waals surface area contributed by atoms with Gasteiger partial charge in [0, 0.05) is 27.9 Å². The van der Waals surface area contributed by atoms with Crippen LogP contribution in [-0.2, 0) is 11.2 Å². The molecule has 26 heavy (non-hydrogen) atoms. The first-order chi connectivity index (χ1) is 12.6. The molecule has 3 rings (SSSR count). The first kappa shape index (κ1) is 18.9. The van der Waals surface area contributed by atoms with Gasteiger partial charge in [0.05, 0.1) is 38.3 Å². The molecule has 7 heteroatoms. The van der Waals surface area contributed by atoms with Gasteiger partial charge in [0.15, 0.2) is 4.96 Å². The Kier molecular flexibility index (Phi) is 6.29. The van der Waals surface area contributed by atoms with Crippen molar-refractivity contribution >= 4 is 33.8 Å². The first-order valence-electron chi connectivity index (χ1n) is 8.92. The van der Waals surface area contributed by atoms with E-state index in [1.807, 2.05) is 40.2 Å². The maximum absolute atomic E-state index is 12.3. The van der Waals surface area contributed by atoms with E-state index in [1.54, 1.807) is 11.3 Å². The number of nitrogens with one attached hydrogen (secondary N) is 2. The number of hydrogen-bond acceptors (Lipinski definition) is 3. The summed E-state index contributed by atoms with van der Waals surface area (Å²) in [5.74, 6) is 0.0537. The zero-order chi connectivity index (χ0) is 18.5. The highest BCUT2D eigenvalue weighted by Crippen LogP contribution is 2.25. The van der Waals surface area contributed by atoms with Crippen molar-refractivity contribution < 1.29 is 9.69 Å². The van der Waals surface area contributed by atoms with E-state index in [1.165, 1.54) is 4.90 Å². The predicted octanol–water partition coefficient (Wildman–Crippen LogP) is 2.30. The smallest absolute Gasteiger partial charge is 0.226 e. The van der Waals surface area contributed by atoms with E-state index in [-0.39, 0.29) is 5.91 Å². The van der Waals surface area contributed by atoms with Gasteiger partial charge in [-0.2, -0.15) is 0 Å². The van der Waals surface area contributed by atoms with Crippen LogP contribution in [0, 0.1) is 0 Å². The van der Waals surface area contributed by atoms with E-state index in [4.69, 9.17) is 11.6 Å². The second-order valence-corrected chi connectivity index (χ2v) is 7.52. The third-order valence-corrected chi connectivity index (χ3v) is 5.71. The van der Waals surface area contributed by atoms with Gasteiger partial charge in [-0.25, -0.2) is 4.98 Å². The molecule has 0 spiro atoms. The van der Waals surface area contributed by atoms with Crippen molar-refractivity contribution in [3.8, 4) is 11.3 Å². The summed E-state index contributed by atoms with van der Waals surface area (Å²) in [6.45, 7) is 8.17. The van der Waals surface area contributed by atoms with Crippen molar-refractivity contribution in [1.29, 1.82) is 0 Å². The molecule has 2 N–H and O–H groups in total. The van der Waals surface area contributed by atoms with Crippen LogP contribution in [0.5, 0.6) is 0 Å². The third-order valence-electron chi connectivity index (χ3n) is 4.57. The van der Waals surface area contributed by atoms with E-state index in [0.29, 0.717) is 18.0 Å². The predicted molar refractivity (Wildman–Crippen MR) is 107 cm³/mol. The molecule has 2 heterocycles. The van der Waals surface area contributed by atoms with Crippen LogP contribution in [0.25, 0.3) is 16.2 Å². The van der Waals surface area contributed by atoms with E-state index in [0.717, 1.165) is 41.5 Å². The number of benzene rings is 1. The fourth-order valence-electron chi connectivity index (χ4n) is 2.93. The Labute approximate surface area is 162 Å². The van der Waals surface area contributed by atoms with Crippen molar-refractivity contribution in [2.45, 2.75) is 20.3 Å². The largest absolute Gasteiger partial charge is 0.350 e. The number of imidazole rings is 1. The Bertz CT molecular complexity index is 867. The average Bonchev–Trinajstić information content (AvgIpc) is 3.21. The lowest BCUT2D eigenvalue weighted by atomic mass is 10.2. The van der Waals surface area contributed by atoms with E-state index >= 15 is 0 Å². The molecule has 0 bridgehead atoms. The topological polar surface area (TPSA) is 50.8 Å². The van der Waals surface area contributed by atoms with Gasteiger partial charge in [0.2, 0.25) is 5.91 Å². The number of rotatable bonds is 8. The zero-order valence-electron chi connectivity index (χ0n) is 15.1. The van der Waals surface area contributed by atoms with Gasteiger partial charge in [-0.1, -0.05) is 23.7 Å². The molecule has 0 saturated carbocycles. The number of thiazole rings is 1. The number of nitrogens with zero attached hydrogens (tertiary/aromatic N) is 2. The Morgan fingerprint density at radius 1 is 1.27 bits per heavy atom. The van der Waals surface area contributed by atoms with Crippen LogP contribution in [0.15, 0.2) is 35.8 Å². The highest BCUT2D eigenvalue weighted by molar-refractivity contribution is 7.15. The van der Waals surface area contributed by atoms with Crippen LogP contribution in [0.1, 0.15) is 19.5 Å². The van der Waals surface area contributed by atoms with Crippen molar-refractivity contribution in [3.05, 3.63) is 46.6 Å². The summed E-state index contributed by atoms with van der Waals surface area (Å²) in [5.41, 5.74) is 2.87. The van der Waals surface area contributed by atoms with Gasteiger partial charge < -0.3 is 10.2 Å². The lowest BCUT2D eigenvalue weighted by Crippen LogP contribution is -3.12. The molecule has 0 aliphatic carbocycles. The maximum atomic E-state index is 12.3. The van der Waals surface area contributed by atoms with Gasteiger partial charge in [-0.3, -0.25) is 9.20 Å². The monoisotopic (exact) mass is 391 g/mol. The Hall–Kier alpha value is -1.89. The number of quaternary nitrogens is 1. The van der Waals surface area contributed by atoms with Crippen molar-refractivity contribution in [3.63, 3.8) is 0 Å². The molecule has 0 radical (unpaired) electrons. The van der Waals surface area contributed by atoms with Gasteiger partial charge in [0.1, 0.15) is 0 Å². The third kappa shape index (κ3) is 4.44.